The molecule has 5 heteroatoms. The first-order valence-electron chi connectivity index (χ1n) is 10.1. The average molecular weight is 432 g/mol. The highest BCUT2D eigenvalue weighted by Crippen LogP contribution is 2.45. The molecule has 4 nitrogen and oxygen atoms in total. The van der Waals surface area contributed by atoms with Crippen molar-refractivity contribution in [3.63, 3.8) is 0 Å². The topological polar surface area (TPSA) is 48.1 Å². The van der Waals surface area contributed by atoms with Crippen molar-refractivity contribution in [2.24, 2.45) is 5.41 Å². The van der Waals surface area contributed by atoms with Crippen LogP contribution in [0.25, 0.3) is 10.9 Å². The largest absolute Gasteiger partial charge is 0.352 e. The number of amides is 1. The summed E-state index contributed by atoms with van der Waals surface area (Å²) < 4.78 is 1.13. The molecule has 27 heavy (non-hydrogen) atoms. The number of hydrogen-bond acceptors (Lipinski definition) is 2. The summed E-state index contributed by atoms with van der Waals surface area (Å²) in [5, 5.41) is 4.74. The van der Waals surface area contributed by atoms with Crippen LogP contribution >= 0.6 is 15.9 Å². The molecule has 1 saturated heterocycles. The number of H-pyrrole nitrogens is 1. The van der Waals surface area contributed by atoms with Crippen LogP contribution in [0.15, 0.2) is 22.8 Å². The number of carbonyl (C=O) groups excluding carboxylic acids is 1. The van der Waals surface area contributed by atoms with Crippen LogP contribution in [0.3, 0.4) is 0 Å². The predicted molar refractivity (Wildman–Crippen MR) is 114 cm³/mol. The lowest BCUT2D eigenvalue weighted by atomic mass is 9.73. The Morgan fingerprint density at radius 2 is 2.15 bits per heavy atom. The molecule has 2 heterocycles. The molecule has 0 bridgehead atoms. The van der Waals surface area contributed by atoms with Crippen LogP contribution in [0.5, 0.6) is 0 Å². The Labute approximate surface area is 170 Å². The van der Waals surface area contributed by atoms with E-state index in [0.29, 0.717) is 12.0 Å². The number of aromatic nitrogens is 1. The fourth-order valence-electron chi connectivity index (χ4n) is 4.89. The lowest BCUT2D eigenvalue weighted by molar-refractivity contribution is -0.129. The van der Waals surface area contributed by atoms with Crippen molar-refractivity contribution in [3.8, 4) is 0 Å². The van der Waals surface area contributed by atoms with Crippen molar-refractivity contribution in [1.82, 2.24) is 15.2 Å². The number of rotatable bonds is 3. The first kappa shape index (κ1) is 19.0. The molecule has 3 atom stereocenters. The summed E-state index contributed by atoms with van der Waals surface area (Å²) in [6, 6.07) is 7.34. The van der Waals surface area contributed by atoms with E-state index in [4.69, 9.17) is 0 Å². The van der Waals surface area contributed by atoms with E-state index in [0.717, 1.165) is 37.0 Å². The Balaban J connectivity index is 1.70. The van der Waals surface area contributed by atoms with Gasteiger partial charge in [0.1, 0.15) is 0 Å². The van der Waals surface area contributed by atoms with Crippen LogP contribution in [-0.4, -0.2) is 41.0 Å². The van der Waals surface area contributed by atoms with Gasteiger partial charge in [0, 0.05) is 40.9 Å². The molecule has 2 aromatic rings. The maximum absolute atomic E-state index is 12.6. The number of carbonyl (C=O) groups is 1. The molecule has 1 aliphatic carbocycles. The maximum atomic E-state index is 12.6. The molecule has 1 amide bonds. The molecule has 1 aromatic carbocycles. The fourth-order valence-corrected chi connectivity index (χ4v) is 5.47. The Hall–Kier alpha value is -1.33. The Morgan fingerprint density at radius 1 is 1.37 bits per heavy atom. The zero-order chi connectivity index (χ0) is 19.3. The molecule has 1 fully saturated rings. The number of piperidine rings is 1. The van der Waals surface area contributed by atoms with Crippen molar-refractivity contribution in [3.05, 3.63) is 33.9 Å². The van der Waals surface area contributed by atoms with Gasteiger partial charge in [-0.2, -0.15) is 0 Å². The minimum atomic E-state index is -0.350. The van der Waals surface area contributed by atoms with Crippen molar-refractivity contribution in [2.75, 3.05) is 13.1 Å². The van der Waals surface area contributed by atoms with Gasteiger partial charge in [0.2, 0.25) is 5.91 Å². The monoisotopic (exact) mass is 431 g/mol. The van der Waals surface area contributed by atoms with Crippen molar-refractivity contribution >= 4 is 32.7 Å². The number of halogens is 1. The second kappa shape index (κ2) is 6.93. The Kier molecular flexibility index (Phi) is 4.88. The van der Waals surface area contributed by atoms with Crippen LogP contribution in [-0.2, 0) is 11.2 Å². The zero-order valence-corrected chi connectivity index (χ0v) is 18.3. The highest BCUT2D eigenvalue weighted by Gasteiger charge is 2.42. The van der Waals surface area contributed by atoms with E-state index in [9.17, 15) is 4.79 Å². The molecule has 0 saturated carbocycles. The van der Waals surface area contributed by atoms with E-state index in [2.05, 4.69) is 56.3 Å². The summed E-state index contributed by atoms with van der Waals surface area (Å²) in [5.74, 6) is 0.621. The molecule has 1 aromatic heterocycles. The molecule has 146 valence electrons. The molecular weight excluding hydrogens is 402 g/mol. The van der Waals surface area contributed by atoms with E-state index in [1.807, 2.05) is 20.8 Å². The molecular formula is C22H30BrN3O. The summed E-state index contributed by atoms with van der Waals surface area (Å²) in [5.41, 5.74) is 3.73. The van der Waals surface area contributed by atoms with Gasteiger partial charge in [-0.05, 0) is 58.9 Å². The average Bonchev–Trinajstić information content (AvgIpc) is 2.92. The summed E-state index contributed by atoms with van der Waals surface area (Å²) in [6.07, 6.45) is 3.23. The van der Waals surface area contributed by atoms with Gasteiger partial charge < -0.3 is 10.3 Å². The number of nitrogens with one attached hydrogen (secondary N) is 2. The van der Waals surface area contributed by atoms with Gasteiger partial charge in [-0.25, -0.2) is 0 Å². The summed E-state index contributed by atoms with van der Waals surface area (Å²) in [4.78, 5) is 18.7. The van der Waals surface area contributed by atoms with Gasteiger partial charge in [-0.3, -0.25) is 9.69 Å². The van der Waals surface area contributed by atoms with Gasteiger partial charge in [-0.15, -0.1) is 0 Å². The third-order valence-electron chi connectivity index (χ3n) is 6.17. The van der Waals surface area contributed by atoms with E-state index in [1.165, 1.54) is 22.0 Å². The van der Waals surface area contributed by atoms with E-state index in [-0.39, 0.29) is 17.4 Å². The lowest BCUT2D eigenvalue weighted by Gasteiger charge is -2.47. The van der Waals surface area contributed by atoms with Crippen molar-refractivity contribution in [2.45, 2.75) is 65.0 Å². The normalized spacial score (nSPS) is 25.4. The number of nitrogens with zero attached hydrogens (tertiary/aromatic N) is 1. The summed E-state index contributed by atoms with van der Waals surface area (Å²) >= 11 is 3.75. The minimum absolute atomic E-state index is 0.154. The zero-order valence-electron chi connectivity index (χ0n) is 16.7. The summed E-state index contributed by atoms with van der Waals surface area (Å²) in [7, 11) is 0. The fraction of sp³-hybridized carbons (Fsp3) is 0.591. The van der Waals surface area contributed by atoms with Crippen LogP contribution in [0.4, 0.5) is 0 Å². The molecule has 2 N–H and O–H groups in total. The molecule has 0 spiro atoms. The smallest absolute Gasteiger partial charge is 0.225 e. The van der Waals surface area contributed by atoms with E-state index in [1.54, 1.807) is 0 Å². The Bertz CT molecular complexity index is 866. The molecule has 1 aliphatic heterocycles. The van der Waals surface area contributed by atoms with E-state index >= 15 is 0 Å². The second-order valence-corrected chi connectivity index (χ2v) is 10.0. The third-order valence-corrected chi connectivity index (χ3v) is 6.85. The first-order chi connectivity index (χ1) is 12.8. The molecule has 1 unspecified atom stereocenters. The van der Waals surface area contributed by atoms with E-state index < -0.39 is 0 Å². The highest BCUT2D eigenvalue weighted by atomic mass is 79.9. The Morgan fingerprint density at radius 3 is 2.85 bits per heavy atom. The third kappa shape index (κ3) is 3.33. The summed E-state index contributed by atoms with van der Waals surface area (Å²) in [6.45, 7) is 10.2. The highest BCUT2D eigenvalue weighted by molar-refractivity contribution is 9.10. The number of aromatic amines is 1. The van der Waals surface area contributed by atoms with Crippen LogP contribution in [0.1, 0.15) is 57.6 Å². The minimum Gasteiger partial charge on any atom is -0.352 e. The van der Waals surface area contributed by atoms with Crippen LogP contribution in [0.2, 0.25) is 0 Å². The van der Waals surface area contributed by atoms with Crippen molar-refractivity contribution < 1.29 is 4.79 Å². The maximum Gasteiger partial charge on any atom is 0.225 e. The first-order valence-corrected chi connectivity index (χ1v) is 10.9. The second-order valence-electron chi connectivity index (χ2n) is 9.22. The van der Waals surface area contributed by atoms with Crippen LogP contribution in [0, 0.1) is 5.41 Å². The van der Waals surface area contributed by atoms with Gasteiger partial charge in [0.25, 0.3) is 0 Å². The number of fused-ring (bicyclic) bond motifs is 2. The quantitative estimate of drug-likeness (QED) is 0.746. The number of hydrogen-bond donors (Lipinski definition) is 2. The van der Waals surface area contributed by atoms with Gasteiger partial charge >= 0.3 is 0 Å². The number of likely N-dealkylation sites (tertiary alicyclic amines) is 1. The molecule has 2 aliphatic rings. The number of benzene rings is 1. The standard InChI is InChI=1S/C22H30BrN3O/c1-5-9-26-12-13(24-21(27)22(2,3)4)10-15-14-7-6-8-17-19(14)16(11-18(15)26)20(23)25-17/h6-8,13,15,18,25H,5,9-12H2,1-4H3,(H,24,27)/t13-,15?,18+/m0/s1. The van der Waals surface area contributed by atoms with Gasteiger partial charge in [0.15, 0.2) is 0 Å². The molecule has 4 rings (SSSR count). The predicted octanol–water partition coefficient (Wildman–Crippen LogP) is 4.59. The van der Waals surface area contributed by atoms with Crippen molar-refractivity contribution in [1.29, 1.82) is 0 Å². The molecule has 0 radical (unpaired) electrons. The van der Waals surface area contributed by atoms with Gasteiger partial charge in [0.05, 0.1) is 4.60 Å². The van der Waals surface area contributed by atoms with Crippen LogP contribution < -0.4 is 5.32 Å². The SMILES string of the molecule is CCCN1C[C@@H](NC(=O)C(C)(C)C)CC2c3cccc4[nH]c(Br)c(c34)C[C@H]21. The van der Waals surface area contributed by atoms with Gasteiger partial charge in [-0.1, -0.05) is 39.8 Å². The lowest BCUT2D eigenvalue weighted by Crippen LogP contribution is -2.57.